The maximum absolute atomic E-state index is 13.8. The number of carbonyl (C=O) groups is 1. The van der Waals surface area contributed by atoms with Crippen LogP contribution in [-0.2, 0) is 9.47 Å². The van der Waals surface area contributed by atoms with Gasteiger partial charge in [0.2, 0.25) is 5.78 Å². The summed E-state index contributed by atoms with van der Waals surface area (Å²) < 4.78 is 13.7. The van der Waals surface area contributed by atoms with E-state index in [9.17, 15) is 4.79 Å². The van der Waals surface area contributed by atoms with E-state index < -0.39 is 0 Å². The molecule has 0 spiro atoms. The van der Waals surface area contributed by atoms with Gasteiger partial charge in [-0.1, -0.05) is 60.7 Å². The number of carbonyl (C=O) groups excluding carboxylic acids is 1. The molecule has 0 saturated carbocycles. The standard InChI is InChI=1S/C33H31N5O3/c1-23(21-41-30-14-8-9-17-40-30)38-20-28(27-19-34-22-36-33(27)38)32(39)29-18-26(15-16-35-29)37-31(24-10-4-2-5-11-24)25-12-6-3-7-13-25/h2-7,10-13,15-16,18-20,22-23,30H,8-9,14,17,21H2,1H3/t23-,30?/m0/s1. The number of aromatic nitrogens is 4. The normalized spacial score (nSPS) is 15.9. The Labute approximate surface area is 238 Å². The highest BCUT2D eigenvalue weighted by Gasteiger charge is 2.23. The number of fused-ring (bicyclic) bond motifs is 1. The van der Waals surface area contributed by atoms with Crippen molar-refractivity contribution in [3.8, 4) is 0 Å². The largest absolute Gasteiger partial charge is 0.353 e. The Morgan fingerprint density at radius 1 is 1.05 bits per heavy atom. The fraction of sp³-hybridized carbons (Fsp3) is 0.242. The van der Waals surface area contributed by atoms with Crippen molar-refractivity contribution in [3.63, 3.8) is 0 Å². The van der Waals surface area contributed by atoms with Gasteiger partial charge in [0.15, 0.2) is 6.29 Å². The SMILES string of the molecule is C[C@@H](COC1CCCCO1)n1cc(C(=O)c2cc(N=C(c3ccccc3)c3ccccc3)ccn2)c2cncnc21. The maximum atomic E-state index is 13.8. The molecule has 2 atom stereocenters. The van der Waals surface area contributed by atoms with Gasteiger partial charge in [-0.2, -0.15) is 0 Å². The molecule has 1 fully saturated rings. The first-order valence-corrected chi connectivity index (χ1v) is 13.9. The Hall–Kier alpha value is -4.53. The second kappa shape index (κ2) is 12.3. The molecule has 0 bridgehead atoms. The fourth-order valence-corrected chi connectivity index (χ4v) is 5.04. The molecule has 1 saturated heterocycles. The Morgan fingerprint density at radius 3 is 2.51 bits per heavy atom. The molecule has 8 heteroatoms. The van der Waals surface area contributed by atoms with Crippen LogP contribution in [0.5, 0.6) is 0 Å². The van der Waals surface area contributed by atoms with E-state index in [0.29, 0.717) is 34.6 Å². The van der Waals surface area contributed by atoms with E-state index in [1.807, 2.05) is 84.4 Å². The van der Waals surface area contributed by atoms with E-state index in [1.165, 1.54) is 6.33 Å². The minimum absolute atomic E-state index is 0.0670. The molecular formula is C33H31N5O3. The van der Waals surface area contributed by atoms with Gasteiger partial charge in [-0.05, 0) is 38.3 Å². The molecule has 1 aliphatic rings. The Bertz CT molecular complexity index is 1620. The first-order chi connectivity index (χ1) is 20.2. The molecule has 4 heterocycles. The molecule has 8 nitrogen and oxygen atoms in total. The van der Waals surface area contributed by atoms with E-state index in [1.54, 1.807) is 18.5 Å². The van der Waals surface area contributed by atoms with Gasteiger partial charge in [0, 0.05) is 41.7 Å². The number of pyridine rings is 1. The molecule has 0 amide bonds. The third kappa shape index (κ3) is 5.99. The van der Waals surface area contributed by atoms with Crippen LogP contribution in [0, 0.1) is 0 Å². The lowest BCUT2D eigenvalue weighted by atomic mass is 10.0. The van der Waals surface area contributed by atoms with Crippen LogP contribution < -0.4 is 0 Å². The minimum atomic E-state index is -0.217. The van der Waals surface area contributed by atoms with Crippen LogP contribution in [0.4, 0.5) is 5.69 Å². The number of benzene rings is 2. The number of rotatable bonds is 9. The van der Waals surface area contributed by atoms with E-state index in [2.05, 4.69) is 15.0 Å². The number of ketones is 1. The smallest absolute Gasteiger partial charge is 0.213 e. The van der Waals surface area contributed by atoms with Crippen molar-refractivity contribution in [1.29, 1.82) is 0 Å². The minimum Gasteiger partial charge on any atom is -0.353 e. The Kier molecular flexibility index (Phi) is 8.02. The monoisotopic (exact) mass is 545 g/mol. The molecular weight excluding hydrogens is 514 g/mol. The second-order valence-corrected chi connectivity index (χ2v) is 10.1. The third-order valence-corrected chi connectivity index (χ3v) is 7.19. The summed E-state index contributed by atoms with van der Waals surface area (Å²) in [5.74, 6) is -0.217. The van der Waals surface area contributed by atoms with Crippen LogP contribution >= 0.6 is 0 Å². The first kappa shape index (κ1) is 26.7. The molecule has 5 aromatic rings. The van der Waals surface area contributed by atoms with E-state index >= 15 is 0 Å². The van der Waals surface area contributed by atoms with Gasteiger partial charge in [-0.25, -0.2) is 15.0 Å². The molecule has 6 rings (SSSR count). The molecule has 1 unspecified atom stereocenters. The summed E-state index contributed by atoms with van der Waals surface area (Å²) in [5.41, 5.74) is 4.89. The van der Waals surface area contributed by atoms with Crippen LogP contribution in [0.15, 0.2) is 103 Å². The summed E-state index contributed by atoms with van der Waals surface area (Å²) in [4.78, 5) is 31.9. The van der Waals surface area contributed by atoms with Crippen LogP contribution in [0.3, 0.4) is 0 Å². The van der Waals surface area contributed by atoms with Gasteiger partial charge in [0.1, 0.15) is 17.7 Å². The summed E-state index contributed by atoms with van der Waals surface area (Å²) in [6.07, 6.45) is 9.50. The Morgan fingerprint density at radius 2 is 1.80 bits per heavy atom. The molecule has 41 heavy (non-hydrogen) atoms. The molecule has 0 radical (unpaired) electrons. The number of hydrogen-bond acceptors (Lipinski definition) is 7. The van der Waals surface area contributed by atoms with Gasteiger partial charge in [0.25, 0.3) is 0 Å². The van der Waals surface area contributed by atoms with Crippen molar-refractivity contribution < 1.29 is 14.3 Å². The van der Waals surface area contributed by atoms with Gasteiger partial charge in [-0.3, -0.25) is 9.78 Å². The summed E-state index contributed by atoms with van der Waals surface area (Å²) in [6, 6.07) is 23.5. The highest BCUT2D eigenvalue weighted by Crippen LogP contribution is 2.27. The topological polar surface area (TPSA) is 91.5 Å². The highest BCUT2D eigenvalue weighted by atomic mass is 16.7. The van der Waals surface area contributed by atoms with Gasteiger partial charge in [-0.15, -0.1) is 0 Å². The summed E-state index contributed by atoms with van der Waals surface area (Å²) in [7, 11) is 0. The average Bonchev–Trinajstić information content (AvgIpc) is 3.43. The molecule has 0 aliphatic carbocycles. The zero-order valence-corrected chi connectivity index (χ0v) is 22.9. The van der Waals surface area contributed by atoms with Crippen molar-refractivity contribution in [2.75, 3.05) is 13.2 Å². The van der Waals surface area contributed by atoms with Gasteiger partial charge < -0.3 is 14.0 Å². The molecule has 0 N–H and O–H groups in total. The van der Waals surface area contributed by atoms with Crippen LogP contribution in [-0.4, -0.2) is 50.5 Å². The summed E-state index contributed by atoms with van der Waals surface area (Å²) in [6.45, 7) is 3.21. The first-order valence-electron chi connectivity index (χ1n) is 13.9. The zero-order chi connectivity index (χ0) is 28.0. The van der Waals surface area contributed by atoms with Crippen molar-refractivity contribution >= 4 is 28.2 Å². The number of nitrogens with zero attached hydrogens (tertiary/aromatic N) is 5. The van der Waals surface area contributed by atoms with Crippen molar-refractivity contribution in [1.82, 2.24) is 19.5 Å². The maximum Gasteiger partial charge on any atom is 0.213 e. The lowest BCUT2D eigenvalue weighted by Crippen LogP contribution is -2.25. The van der Waals surface area contributed by atoms with Crippen molar-refractivity contribution in [3.05, 3.63) is 120 Å². The van der Waals surface area contributed by atoms with Gasteiger partial charge in [0.05, 0.1) is 29.6 Å². The quantitative estimate of drug-likeness (QED) is 0.159. The average molecular weight is 546 g/mol. The third-order valence-electron chi connectivity index (χ3n) is 7.19. The van der Waals surface area contributed by atoms with E-state index in [0.717, 1.165) is 42.7 Å². The summed E-state index contributed by atoms with van der Waals surface area (Å²) >= 11 is 0. The number of aliphatic imine (C=N–C) groups is 1. The predicted molar refractivity (Wildman–Crippen MR) is 158 cm³/mol. The van der Waals surface area contributed by atoms with Crippen LogP contribution in [0.1, 0.15) is 59.4 Å². The predicted octanol–water partition coefficient (Wildman–Crippen LogP) is 6.33. The number of ether oxygens (including phenoxy) is 2. The second-order valence-electron chi connectivity index (χ2n) is 10.1. The lowest BCUT2D eigenvalue weighted by molar-refractivity contribution is -0.166. The zero-order valence-electron chi connectivity index (χ0n) is 22.9. The molecule has 2 aromatic carbocycles. The van der Waals surface area contributed by atoms with Crippen LogP contribution in [0.2, 0.25) is 0 Å². The molecule has 206 valence electrons. The van der Waals surface area contributed by atoms with E-state index in [4.69, 9.17) is 14.5 Å². The molecule has 3 aromatic heterocycles. The van der Waals surface area contributed by atoms with E-state index in [-0.39, 0.29) is 18.1 Å². The van der Waals surface area contributed by atoms with Crippen LogP contribution in [0.25, 0.3) is 11.0 Å². The lowest BCUT2D eigenvalue weighted by Gasteiger charge is -2.24. The van der Waals surface area contributed by atoms with Crippen molar-refractivity contribution in [2.45, 2.75) is 38.5 Å². The summed E-state index contributed by atoms with van der Waals surface area (Å²) in [5, 5.41) is 0.670. The molecule has 1 aliphatic heterocycles. The number of hydrogen-bond donors (Lipinski definition) is 0. The fourth-order valence-electron chi connectivity index (χ4n) is 5.04. The Balaban J connectivity index is 1.31. The van der Waals surface area contributed by atoms with Gasteiger partial charge >= 0.3 is 0 Å². The highest BCUT2D eigenvalue weighted by molar-refractivity contribution is 6.16. The van der Waals surface area contributed by atoms with Crippen molar-refractivity contribution in [2.24, 2.45) is 4.99 Å².